The fraction of sp³-hybridized carbons (Fsp3) is 0.407. The second kappa shape index (κ2) is 10.1. The zero-order valence-electron chi connectivity index (χ0n) is 20.2. The second-order valence-corrected chi connectivity index (χ2v) is 9.10. The lowest BCUT2D eigenvalue weighted by atomic mass is 10.1. The lowest BCUT2D eigenvalue weighted by Crippen LogP contribution is -2.32. The van der Waals surface area contributed by atoms with Gasteiger partial charge in [-0.05, 0) is 51.2 Å². The van der Waals surface area contributed by atoms with Crippen LogP contribution in [0.2, 0.25) is 0 Å². The minimum Gasteiger partial charge on any atom is -0.357 e. The zero-order valence-corrected chi connectivity index (χ0v) is 20.2. The molecule has 0 N–H and O–H groups in total. The molecule has 4 rings (SSSR count). The molecule has 1 saturated heterocycles. The maximum Gasteiger partial charge on any atom is 0.278 e. The van der Waals surface area contributed by atoms with E-state index in [2.05, 4.69) is 16.0 Å². The van der Waals surface area contributed by atoms with Crippen molar-refractivity contribution in [2.24, 2.45) is 0 Å². The molecule has 1 aromatic carbocycles. The van der Waals surface area contributed by atoms with Crippen LogP contribution in [-0.4, -0.2) is 33.0 Å². The third kappa shape index (κ3) is 4.54. The lowest BCUT2D eigenvalue weighted by molar-refractivity contribution is 0.0970. The molecule has 7 nitrogen and oxygen atoms in total. The molecule has 3 aromatic rings. The average Bonchev–Trinajstić information content (AvgIpc) is 3.18. The number of carbonyl (C=O) groups is 1. The molecule has 7 heteroatoms. The summed E-state index contributed by atoms with van der Waals surface area (Å²) in [7, 11) is 0. The largest absolute Gasteiger partial charge is 0.357 e. The van der Waals surface area contributed by atoms with E-state index in [1.165, 1.54) is 17.3 Å². The van der Waals surface area contributed by atoms with Crippen LogP contribution in [0.1, 0.15) is 61.5 Å². The van der Waals surface area contributed by atoms with Crippen molar-refractivity contribution in [2.75, 3.05) is 18.0 Å². The van der Waals surface area contributed by atoms with Crippen molar-refractivity contribution in [3.63, 3.8) is 0 Å². The number of piperidine rings is 1. The van der Waals surface area contributed by atoms with Gasteiger partial charge in [0.15, 0.2) is 5.78 Å². The first-order valence-electron chi connectivity index (χ1n) is 12.0. The van der Waals surface area contributed by atoms with Crippen LogP contribution in [0.5, 0.6) is 0 Å². The van der Waals surface area contributed by atoms with E-state index >= 15 is 0 Å². The van der Waals surface area contributed by atoms with Crippen molar-refractivity contribution < 1.29 is 4.79 Å². The number of Topliss-reactive ketones (excluding diaryl/α,β-unsaturated/α-hetero) is 1. The number of benzene rings is 1. The van der Waals surface area contributed by atoms with Gasteiger partial charge in [-0.25, -0.2) is 4.98 Å². The van der Waals surface area contributed by atoms with E-state index in [0.717, 1.165) is 49.3 Å². The first-order chi connectivity index (χ1) is 16.4. The Labute approximate surface area is 199 Å². The molecule has 0 saturated carbocycles. The third-order valence-electron chi connectivity index (χ3n) is 6.42. The summed E-state index contributed by atoms with van der Waals surface area (Å²) in [5, 5.41) is 10.0. The molecule has 0 amide bonds. The summed E-state index contributed by atoms with van der Waals surface area (Å²) in [5.74, 6) is 0.622. The van der Waals surface area contributed by atoms with Gasteiger partial charge in [-0.3, -0.25) is 14.2 Å². The van der Waals surface area contributed by atoms with Gasteiger partial charge in [-0.1, -0.05) is 36.8 Å². The quantitative estimate of drug-likeness (QED) is 0.386. The van der Waals surface area contributed by atoms with E-state index < -0.39 is 0 Å². The van der Waals surface area contributed by atoms with Crippen LogP contribution >= 0.6 is 0 Å². The van der Waals surface area contributed by atoms with Gasteiger partial charge in [0.05, 0.1) is 12.9 Å². The van der Waals surface area contributed by atoms with E-state index in [9.17, 15) is 14.9 Å². The molecule has 0 radical (unpaired) electrons. The van der Waals surface area contributed by atoms with Crippen LogP contribution in [0.15, 0.2) is 47.0 Å². The predicted octanol–water partition coefficient (Wildman–Crippen LogP) is 4.47. The predicted molar refractivity (Wildman–Crippen MR) is 134 cm³/mol. The van der Waals surface area contributed by atoms with Crippen LogP contribution < -0.4 is 10.5 Å². The fourth-order valence-corrected chi connectivity index (χ4v) is 4.56. The minimum absolute atomic E-state index is 0.0936. The van der Waals surface area contributed by atoms with Crippen LogP contribution in [0.3, 0.4) is 0 Å². The number of ketones is 1. The summed E-state index contributed by atoms with van der Waals surface area (Å²) in [6.45, 7) is 8.14. The Morgan fingerprint density at radius 2 is 1.97 bits per heavy atom. The van der Waals surface area contributed by atoms with Crippen molar-refractivity contribution in [3.05, 3.63) is 69.3 Å². The summed E-state index contributed by atoms with van der Waals surface area (Å²) < 4.78 is 3.28. The highest BCUT2D eigenvalue weighted by Crippen LogP contribution is 2.31. The highest BCUT2D eigenvalue weighted by atomic mass is 16.1. The topological polar surface area (TPSA) is 83.9 Å². The van der Waals surface area contributed by atoms with Gasteiger partial charge in [-0.2, -0.15) is 5.26 Å². The van der Waals surface area contributed by atoms with Crippen molar-refractivity contribution in [2.45, 2.75) is 59.5 Å². The SMILES string of the molecule is CCc1cccc(C(=O)Cn2cnc3c(C#N)c(N4CCCCC4)n(CC=C(C)C)c3c2=O)c1. The number of nitrogens with zero attached hydrogens (tertiary/aromatic N) is 5. The monoisotopic (exact) mass is 457 g/mol. The van der Waals surface area contributed by atoms with Crippen LogP contribution in [0.4, 0.5) is 5.82 Å². The number of allylic oxidation sites excluding steroid dienone is 2. The summed E-state index contributed by atoms with van der Waals surface area (Å²) in [5.41, 5.74) is 3.71. The number of carbonyl (C=O) groups excluding carboxylic acids is 1. The minimum atomic E-state index is -0.299. The molecule has 0 unspecified atom stereocenters. The smallest absolute Gasteiger partial charge is 0.278 e. The van der Waals surface area contributed by atoms with Gasteiger partial charge in [0.2, 0.25) is 0 Å². The Bertz CT molecular complexity index is 1350. The Kier molecular flexibility index (Phi) is 6.97. The van der Waals surface area contributed by atoms with E-state index in [1.807, 2.05) is 49.6 Å². The molecule has 3 heterocycles. The maximum absolute atomic E-state index is 13.6. The first kappa shape index (κ1) is 23.5. The molecular formula is C27H31N5O2. The summed E-state index contributed by atoms with van der Waals surface area (Å²) >= 11 is 0. The van der Waals surface area contributed by atoms with Gasteiger partial charge in [-0.15, -0.1) is 0 Å². The van der Waals surface area contributed by atoms with Crippen LogP contribution in [0.25, 0.3) is 11.0 Å². The molecule has 34 heavy (non-hydrogen) atoms. The standard InChI is InChI=1S/C27H31N5O2/c1-4-20-9-8-10-21(15-20)23(33)17-31-18-29-24-22(16-28)26(30-12-6-5-7-13-30)32(14-11-19(2)3)25(24)27(31)34/h8-11,15,18H,4-7,12-14,17H2,1-3H3. The Hall–Kier alpha value is -3.66. The normalized spacial score (nSPS) is 13.6. The number of rotatable bonds is 7. The molecule has 1 fully saturated rings. The van der Waals surface area contributed by atoms with E-state index in [1.54, 1.807) is 6.07 Å². The number of anilines is 1. The van der Waals surface area contributed by atoms with Crippen molar-refractivity contribution in [1.82, 2.24) is 14.1 Å². The number of aryl methyl sites for hydroxylation is 1. The average molecular weight is 458 g/mol. The molecule has 176 valence electrons. The Morgan fingerprint density at radius 1 is 1.21 bits per heavy atom. The first-order valence-corrected chi connectivity index (χ1v) is 12.0. The van der Waals surface area contributed by atoms with Crippen molar-refractivity contribution >= 4 is 22.6 Å². The molecule has 0 bridgehead atoms. The summed E-state index contributed by atoms with van der Waals surface area (Å²) in [6, 6.07) is 9.81. The number of nitriles is 1. The molecule has 1 aliphatic heterocycles. The molecule has 0 spiro atoms. The lowest BCUT2D eigenvalue weighted by Gasteiger charge is -2.29. The van der Waals surface area contributed by atoms with Crippen molar-refractivity contribution in [1.29, 1.82) is 5.26 Å². The van der Waals surface area contributed by atoms with Gasteiger partial charge in [0, 0.05) is 25.2 Å². The molecule has 0 atom stereocenters. The van der Waals surface area contributed by atoms with Gasteiger partial charge >= 0.3 is 0 Å². The summed E-state index contributed by atoms with van der Waals surface area (Å²) in [4.78, 5) is 33.3. The fourth-order valence-electron chi connectivity index (χ4n) is 4.56. The second-order valence-electron chi connectivity index (χ2n) is 9.10. The van der Waals surface area contributed by atoms with Crippen LogP contribution in [-0.2, 0) is 19.5 Å². The van der Waals surface area contributed by atoms with E-state index in [4.69, 9.17) is 0 Å². The van der Waals surface area contributed by atoms with E-state index in [-0.39, 0.29) is 17.9 Å². The van der Waals surface area contributed by atoms with Crippen molar-refractivity contribution in [3.8, 4) is 6.07 Å². The summed E-state index contributed by atoms with van der Waals surface area (Å²) in [6.07, 6.45) is 7.56. The Morgan fingerprint density at radius 3 is 2.65 bits per heavy atom. The molecule has 1 aliphatic rings. The van der Waals surface area contributed by atoms with Gasteiger partial charge in [0.25, 0.3) is 5.56 Å². The molecule has 0 aliphatic carbocycles. The Balaban J connectivity index is 1.84. The number of hydrogen-bond donors (Lipinski definition) is 0. The number of hydrogen-bond acceptors (Lipinski definition) is 5. The number of fused-ring (bicyclic) bond motifs is 1. The third-order valence-corrected chi connectivity index (χ3v) is 6.42. The van der Waals surface area contributed by atoms with Gasteiger partial charge < -0.3 is 9.47 Å². The molecular weight excluding hydrogens is 426 g/mol. The van der Waals surface area contributed by atoms with Crippen LogP contribution in [0, 0.1) is 11.3 Å². The highest BCUT2D eigenvalue weighted by Gasteiger charge is 2.26. The zero-order chi connectivity index (χ0) is 24.2. The van der Waals surface area contributed by atoms with Gasteiger partial charge in [0.1, 0.15) is 28.5 Å². The maximum atomic E-state index is 13.6. The molecule has 2 aromatic heterocycles. The number of aromatic nitrogens is 3. The highest BCUT2D eigenvalue weighted by molar-refractivity contribution is 5.96. The van der Waals surface area contributed by atoms with E-state index in [0.29, 0.717) is 28.7 Å².